The average molecular weight is 264 g/mol. The minimum atomic E-state index is -3.20. The van der Waals surface area contributed by atoms with Gasteiger partial charge in [0.25, 0.3) is 0 Å². The van der Waals surface area contributed by atoms with Gasteiger partial charge in [0, 0.05) is 19.3 Å². The summed E-state index contributed by atoms with van der Waals surface area (Å²) in [6, 6.07) is 0. The zero-order chi connectivity index (χ0) is 13.9. The number of nitrogens with two attached hydrogens (primary N) is 1. The van der Waals surface area contributed by atoms with Crippen LogP contribution in [0, 0.1) is 11.8 Å². The number of hydrogen-bond acceptors (Lipinski definition) is 4. The van der Waals surface area contributed by atoms with E-state index in [1.54, 1.807) is 13.8 Å². The Kier molecular flexibility index (Phi) is 5.61. The van der Waals surface area contributed by atoms with Crippen LogP contribution in [-0.2, 0) is 14.6 Å². The molecule has 0 radical (unpaired) electrons. The number of sulfone groups is 1. The lowest BCUT2D eigenvalue weighted by atomic mass is 9.95. The Balaban J connectivity index is 4.54. The quantitative estimate of drug-likeness (QED) is 0.715. The van der Waals surface area contributed by atoms with E-state index in [0.717, 1.165) is 0 Å². The fraction of sp³-hybridized carbons (Fsp3) is 0.909. The lowest BCUT2D eigenvalue weighted by molar-refractivity contribution is -0.126. The third-order valence-electron chi connectivity index (χ3n) is 3.09. The van der Waals surface area contributed by atoms with Gasteiger partial charge >= 0.3 is 0 Å². The Morgan fingerprint density at radius 2 is 1.82 bits per heavy atom. The Labute approximate surface area is 104 Å². The molecule has 17 heavy (non-hydrogen) atoms. The van der Waals surface area contributed by atoms with Gasteiger partial charge in [0.1, 0.15) is 0 Å². The molecule has 0 aromatic carbocycles. The van der Waals surface area contributed by atoms with Gasteiger partial charge in [-0.25, -0.2) is 8.42 Å². The largest absolute Gasteiger partial charge is 0.354 e. The van der Waals surface area contributed by atoms with Gasteiger partial charge < -0.3 is 11.1 Å². The third-order valence-corrected chi connectivity index (χ3v) is 5.24. The number of hydrogen-bond donors (Lipinski definition) is 2. The molecule has 0 spiro atoms. The maximum atomic E-state index is 11.8. The molecular formula is C11H24N2O3S. The molecule has 102 valence electrons. The van der Waals surface area contributed by atoms with E-state index < -0.39 is 14.6 Å². The normalized spacial score (nSPS) is 14.8. The van der Waals surface area contributed by atoms with Crippen LogP contribution in [0.2, 0.25) is 0 Å². The molecule has 0 saturated heterocycles. The molecule has 1 atom stereocenters. The lowest BCUT2D eigenvalue weighted by Crippen LogP contribution is -2.47. The second-order valence-electron chi connectivity index (χ2n) is 5.34. The van der Waals surface area contributed by atoms with Crippen LogP contribution in [0.3, 0.4) is 0 Å². The van der Waals surface area contributed by atoms with Crippen molar-refractivity contribution >= 4 is 15.7 Å². The first-order valence-electron chi connectivity index (χ1n) is 5.70. The Hall–Kier alpha value is -0.620. The van der Waals surface area contributed by atoms with Gasteiger partial charge in [-0.3, -0.25) is 4.79 Å². The van der Waals surface area contributed by atoms with E-state index in [2.05, 4.69) is 5.32 Å². The van der Waals surface area contributed by atoms with Crippen LogP contribution in [0.5, 0.6) is 0 Å². The highest BCUT2D eigenvalue weighted by Gasteiger charge is 2.31. The zero-order valence-corrected chi connectivity index (χ0v) is 12.1. The molecule has 0 aliphatic heterocycles. The smallest absolute Gasteiger partial charge is 0.224 e. The second kappa shape index (κ2) is 5.82. The molecule has 5 nitrogen and oxygen atoms in total. The van der Waals surface area contributed by atoms with Crippen LogP contribution >= 0.6 is 0 Å². The highest BCUT2D eigenvalue weighted by atomic mass is 32.2. The molecule has 1 amide bonds. The predicted octanol–water partition coefficient (Wildman–Crippen LogP) is 0.157. The number of nitrogens with one attached hydrogen (secondary N) is 1. The lowest BCUT2D eigenvalue weighted by Gasteiger charge is -2.25. The SMILES string of the molecule is CC(C)C(CN)C(=O)NCC(C)(C)S(C)(=O)=O. The highest BCUT2D eigenvalue weighted by molar-refractivity contribution is 7.92. The molecule has 0 fully saturated rings. The van der Waals surface area contributed by atoms with Crippen molar-refractivity contribution in [2.24, 2.45) is 17.6 Å². The van der Waals surface area contributed by atoms with E-state index in [4.69, 9.17) is 5.73 Å². The van der Waals surface area contributed by atoms with Crippen LogP contribution < -0.4 is 11.1 Å². The van der Waals surface area contributed by atoms with Crippen molar-refractivity contribution in [3.8, 4) is 0 Å². The minimum Gasteiger partial charge on any atom is -0.354 e. The van der Waals surface area contributed by atoms with Crippen molar-refractivity contribution in [3.63, 3.8) is 0 Å². The summed E-state index contributed by atoms with van der Waals surface area (Å²) in [6.45, 7) is 7.39. The molecule has 0 rings (SSSR count). The van der Waals surface area contributed by atoms with E-state index in [0.29, 0.717) is 0 Å². The molecular weight excluding hydrogens is 240 g/mol. The standard InChI is InChI=1S/C11H24N2O3S/c1-8(2)9(6-12)10(14)13-7-11(3,4)17(5,15)16/h8-9H,6-7,12H2,1-5H3,(H,13,14). The zero-order valence-electron chi connectivity index (χ0n) is 11.3. The van der Waals surface area contributed by atoms with Crippen LogP contribution in [0.25, 0.3) is 0 Å². The van der Waals surface area contributed by atoms with E-state index >= 15 is 0 Å². The van der Waals surface area contributed by atoms with Gasteiger partial charge in [0.05, 0.1) is 10.7 Å². The number of carbonyl (C=O) groups is 1. The topological polar surface area (TPSA) is 89.3 Å². The Morgan fingerprint density at radius 3 is 2.12 bits per heavy atom. The molecule has 0 bridgehead atoms. The first-order valence-corrected chi connectivity index (χ1v) is 7.59. The minimum absolute atomic E-state index is 0.105. The summed E-state index contributed by atoms with van der Waals surface area (Å²) >= 11 is 0. The first-order chi connectivity index (χ1) is 7.53. The van der Waals surface area contributed by atoms with Gasteiger partial charge in [-0.2, -0.15) is 0 Å². The van der Waals surface area contributed by atoms with Crippen molar-refractivity contribution in [1.29, 1.82) is 0 Å². The van der Waals surface area contributed by atoms with Crippen molar-refractivity contribution in [2.75, 3.05) is 19.3 Å². The summed E-state index contributed by atoms with van der Waals surface area (Å²) < 4.78 is 22.0. The van der Waals surface area contributed by atoms with Crippen LogP contribution in [-0.4, -0.2) is 38.4 Å². The maximum Gasteiger partial charge on any atom is 0.224 e. The van der Waals surface area contributed by atoms with Crippen LogP contribution in [0.1, 0.15) is 27.7 Å². The Bertz CT molecular complexity index is 361. The summed E-state index contributed by atoms with van der Waals surface area (Å²) in [5.41, 5.74) is 5.52. The van der Waals surface area contributed by atoms with E-state index in [9.17, 15) is 13.2 Å². The molecule has 1 unspecified atom stereocenters. The van der Waals surface area contributed by atoms with Gasteiger partial charge in [-0.15, -0.1) is 0 Å². The van der Waals surface area contributed by atoms with Gasteiger partial charge in [0.2, 0.25) is 5.91 Å². The number of carbonyl (C=O) groups excluding carboxylic acids is 1. The predicted molar refractivity (Wildman–Crippen MR) is 69.3 cm³/mol. The molecule has 3 N–H and O–H groups in total. The average Bonchev–Trinajstić information content (AvgIpc) is 2.13. The van der Waals surface area contributed by atoms with E-state index in [-0.39, 0.29) is 30.8 Å². The summed E-state index contributed by atoms with van der Waals surface area (Å²) in [5.74, 6) is -0.314. The summed E-state index contributed by atoms with van der Waals surface area (Å²) in [4.78, 5) is 11.8. The van der Waals surface area contributed by atoms with Gasteiger partial charge in [-0.05, 0) is 19.8 Å². The fourth-order valence-corrected chi connectivity index (χ4v) is 1.58. The molecule has 0 aromatic heterocycles. The maximum absolute atomic E-state index is 11.8. The molecule has 0 heterocycles. The third kappa shape index (κ3) is 4.63. The molecule has 6 heteroatoms. The van der Waals surface area contributed by atoms with Crippen molar-refractivity contribution in [3.05, 3.63) is 0 Å². The molecule has 0 saturated carbocycles. The van der Waals surface area contributed by atoms with Crippen molar-refractivity contribution in [1.82, 2.24) is 5.32 Å². The number of rotatable bonds is 6. The van der Waals surface area contributed by atoms with Crippen LogP contribution in [0.4, 0.5) is 0 Å². The second-order valence-corrected chi connectivity index (χ2v) is 7.99. The first kappa shape index (κ1) is 16.4. The van der Waals surface area contributed by atoms with Crippen molar-refractivity contribution in [2.45, 2.75) is 32.4 Å². The van der Waals surface area contributed by atoms with E-state index in [1.807, 2.05) is 13.8 Å². The highest BCUT2D eigenvalue weighted by Crippen LogP contribution is 2.15. The summed E-state index contributed by atoms with van der Waals surface area (Å²) in [6.07, 6.45) is 1.17. The van der Waals surface area contributed by atoms with Crippen LogP contribution in [0.15, 0.2) is 0 Å². The monoisotopic (exact) mass is 264 g/mol. The van der Waals surface area contributed by atoms with Crippen molar-refractivity contribution < 1.29 is 13.2 Å². The molecule has 0 aliphatic rings. The van der Waals surface area contributed by atoms with Gasteiger partial charge in [-0.1, -0.05) is 13.8 Å². The van der Waals surface area contributed by atoms with Gasteiger partial charge in [0.15, 0.2) is 9.84 Å². The Morgan fingerprint density at radius 1 is 1.35 bits per heavy atom. The van der Waals surface area contributed by atoms with E-state index in [1.165, 1.54) is 6.26 Å². The molecule has 0 aromatic rings. The molecule has 0 aliphatic carbocycles. The fourth-order valence-electron chi connectivity index (χ4n) is 1.24. The number of amides is 1. The summed E-state index contributed by atoms with van der Waals surface area (Å²) in [5, 5.41) is 2.66. The summed E-state index contributed by atoms with van der Waals surface area (Å²) in [7, 11) is -3.20.